The van der Waals surface area contributed by atoms with Crippen molar-refractivity contribution >= 4 is 0 Å². The van der Waals surface area contributed by atoms with E-state index in [0.717, 1.165) is 25.7 Å². The van der Waals surface area contributed by atoms with E-state index in [0.29, 0.717) is 11.5 Å². The van der Waals surface area contributed by atoms with Gasteiger partial charge >= 0.3 is 6.29 Å². The molecule has 2 aliphatic rings. The van der Waals surface area contributed by atoms with Crippen molar-refractivity contribution in [1.29, 1.82) is 0 Å². The van der Waals surface area contributed by atoms with Crippen LogP contribution in [0.2, 0.25) is 0 Å². The first kappa shape index (κ1) is 11.7. The van der Waals surface area contributed by atoms with Gasteiger partial charge in [0.15, 0.2) is 11.5 Å². The zero-order valence-corrected chi connectivity index (χ0v) is 9.86. The van der Waals surface area contributed by atoms with Crippen LogP contribution in [0.15, 0.2) is 18.2 Å². The van der Waals surface area contributed by atoms with Gasteiger partial charge in [0.1, 0.15) is 0 Å². The minimum Gasteiger partial charge on any atom is -0.395 e. The predicted octanol–water partition coefficient (Wildman–Crippen LogP) is 3.20. The van der Waals surface area contributed by atoms with Gasteiger partial charge in [0.25, 0.3) is 0 Å². The summed E-state index contributed by atoms with van der Waals surface area (Å²) in [6.45, 7) is 0. The van der Waals surface area contributed by atoms with Crippen molar-refractivity contribution in [3.8, 4) is 11.5 Å². The molecule has 1 aromatic rings. The molecule has 0 bridgehead atoms. The fraction of sp³-hybridized carbons (Fsp3) is 0.538. The smallest absolute Gasteiger partial charge is 0.395 e. The Morgan fingerprint density at radius 1 is 1.22 bits per heavy atom. The molecule has 18 heavy (non-hydrogen) atoms. The lowest BCUT2D eigenvalue weighted by Gasteiger charge is -2.20. The molecule has 3 rings (SSSR count). The van der Waals surface area contributed by atoms with E-state index in [-0.39, 0.29) is 17.5 Å². The van der Waals surface area contributed by atoms with Gasteiger partial charge in [-0.15, -0.1) is 8.78 Å². The molecule has 1 aliphatic carbocycles. The number of nitrogens with two attached hydrogens (primary N) is 1. The standard InChI is InChI=1S/C13H15F2NO2/c14-13(15)17-10-7-3-6-9(12(10)18-13)11(16)8-4-1-2-5-8/h3,6-8,11H,1-2,4-5,16H2/t11-/m0/s1. The lowest BCUT2D eigenvalue weighted by atomic mass is 9.92. The van der Waals surface area contributed by atoms with E-state index in [9.17, 15) is 8.78 Å². The fourth-order valence-corrected chi connectivity index (χ4v) is 2.82. The average Bonchev–Trinajstić information content (AvgIpc) is 2.91. The monoisotopic (exact) mass is 255 g/mol. The maximum atomic E-state index is 13.1. The van der Waals surface area contributed by atoms with Gasteiger partial charge in [-0.05, 0) is 24.8 Å². The zero-order valence-electron chi connectivity index (χ0n) is 9.86. The van der Waals surface area contributed by atoms with Crippen LogP contribution in [0.5, 0.6) is 11.5 Å². The molecule has 1 aliphatic heterocycles. The third-order valence-electron chi connectivity index (χ3n) is 3.73. The molecular weight excluding hydrogens is 240 g/mol. The highest BCUT2D eigenvalue weighted by molar-refractivity contribution is 5.50. The van der Waals surface area contributed by atoms with Gasteiger partial charge in [0, 0.05) is 11.6 Å². The van der Waals surface area contributed by atoms with Gasteiger partial charge in [-0.3, -0.25) is 0 Å². The largest absolute Gasteiger partial charge is 0.586 e. The number of benzene rings is 1. The molecule has 0 unspecified atom stereocenters. The molecule has 0 aromatic heterocycles. The van der Waals surface area contributed by atoms with Crippen LogP contribution in [0.1, 0.15) is 37.3 Å². The van der Waals surface area contributed by atoms with Crippen molar-refractivity contribution in [3.05, 3.63) is 23.8 Å². The number of halogens is 2. The van der Waals surface area contributed by atoms with Gasteiger partial charge in [0.05, 0.1) is 0 Å². The molecule has 1 fully saturated rings. The minimum absolute atomic E-state index is 0.0750. The molecule has 1 atom stereocenters. The van der Waals surface area contributed by atoms with Gasteiger partial charge in [-0.2, -0.15) is 0 Å². The summed E-state index contributed by atoms with van der Waals surface area (Å²) in [5, 5.41) is 0. The molecule has 0 radical (unpaired) electrons. The van der Waals surface area contributed by atoms with Crippen LogP contribution >= 0.6 is 0 Å². The summed E-state index contributed by atoms with van der Waals surface area (Å²) in [6.07, 6.45) is 0.819. The van der Waals surface area contributed by atoms with Gasteiger partial charge < -0.3 is 15.2 Å². The Balaban J connectivity index is 1.92. The Kier molecular flexibility index (Phi) is 2.66. The molecule has 5 heteroatoms. The fourth-order valence-electron chi connectivity index (χ4n) is 2.82. The first-order valence-electron chi connectivity index (χ1n) is 6.21. The predicted molar refractivity (Wildman–Crippen MR) is 61.5 cm³/mol. The number of hydrogen-bond acceptors (Lipinski definition) is 3. The van der Waals surface area contributed by atoms with E-state index in [1.807, 2.05) is 0 Å². The molecule has 0 amide bonds. The molecule has 1 heterocycles. The van der Waals surface area contributed by atoms with E-state index < -0.39 is 6.29 Å². The van der Waals surface area contributed by atoms with Crippen LogP contribution in [0.25, 0.3) is 0 Å². The van der Waals surface area contributed by atoms with E-state index in [2.05, 4.69) is 9.47 Å². The summed E-state index contributed by atoms with van der Waals surface area (Å²) in [5.41, 5.74) is 6.80. The number of para-hydroxylation sites is 1. The number of hydrogen-bond donors (Lipinski definition) is 1. The lowest BCUT2D eigenvalue weighted by molar-refractivity contribution is -0.287. The Hall–Kier alpha value is -1.36. The molecule has 1 aromatic carbocycles. The Morgan fingerprint density at radius 3 is 2.67 bits per heavy atom. The van der Waals surface area contributed by atoms with E-state index in [4.69, 9.17) is 5.73 Å². The molecule has 98 valence electrons. The Bertz CT molecular complexity index is 458. The molecule has 1 saturated carbocycles. The second-order valence-electron chi connectivity index (χ2n) is 4.91. The van der Waals surface area contributed by atoms with E-state index >= 15 is 0 Å². The summed E-state index contributed by atoms with van der Waals surface area (Å²) >= 11 is 0. The molecule has 3 nitrogen and oxygen atoms in total. The van der Waals surface area contributed by atoms with Crippen molar-refractivity contribution < 1.29 is 18.3 Å². The van der Waals surface area contributed by atoms with Gasteiger partial charge in [0.2, 0.25) is 0 Å². The first-order chi connectivity index (χ1) is 8.57. The van der Waals surface area contributed by atoms with Crippen molar-refractivity contribution in [2.45, 2.75) is 38.0 Å². The van der Waals surface area contributed by atoms with Crippen LogP contribution in [0, 0.1) is 5.92 Å². The lowest BCUT2D eigenvalue weighted by Crippen LogP contribution is -2.26. The highest BCUT2D eigenvalue weighted by atomic mass is 19.3. The maximum Gasteiger partial charge on any atom is 0.586 e. The third-order valence-corrected chi connectivity index (χ3v) is 3.73. The van der Waals surface area contributed by atoms with E-state index in [1.54, 1.807) is 12.1 Å². The Labute approximate surface area is 104 Å². The number of fused-ring (bicyclic) bond motifs is 1. The summed E-state index contributed by atoms with van der Waals surface area (Å²) < 4.78 is 35.2. The highest BCUT2D eigenvalue weighted by Gasteiger charge is 2.45. The SMILES string of the molecule is N[C@H](c1cccc2c1OC(F)(F)O2)C1CCCC1. The topological polar surface area (TPSA) is 44.5 Å². The Morgan fingerprint density at radius 2 is 1.94 bits per heavy atom. The minimum atomic E-state index is -3.58. The van der Waals surface area contributed by atoms with Crippen LogP contribution in [-0.2, 0) is 0 Å². The quantitative estimate of drug-likeness (QED) is 0.882. The van der Waals surface area contributed by atoms with Crippen LogP contribution in [0.3, 0.4) is 0 Å². The van der Waals surface area contributed by atoms with E-state index in [1.165, 1.54) is 6.07 Å². The molecule has 0 saturated heterocycles. The van der Waals surface area contributed by atoms with Crippen LogP contribution in [0.4, 0.5) is 8.78 Å². The van der Waals surface area contributed by atoms with Crippen molar-refractivity contribution in [2.24, 2.45) is 11.7 Å². The normalized spacial score (nSPS) is 23.3. The van der Waals surface area contributed by atoms with Crippen LogP contribution < -0.4 is 15.2 Å². The number of alkyl halides is 2. The van der Waals surface area contributed by atoms with Crippen molar-refractivity contribution in [1.82, 2.24) is 0 Å². The van der Waals surface area contributed by atoms with Gasteiger partial charge in [-0.25, -0.2) is 0 Å². The second kappa shape index (κ2) is 4.09. The highest BCUT2D eigenvalue weighted by Crippen LogP contribution is 2.47. The summed E-state index contributed by atoms with van der Waals surface area (Å²) in [7, 11) is 0. The molecule has 2 N–H and O–H groups in total. The summed E-state index contributed by atoms with van der Waals surface area (Å²) in [5.74, 6) is 0.516. The van der Waals surface area contributed by atoms with Crippen molar-refractivity contribution in [2.75, 3.05) is 0 Å². The molecular formula is C13H15F2NO2. The zero-order chi connectivity index (χ0) is 12.8. The van der Waals surface area contributed by atoms with Gasteiger partial charge in [-0.1, -0.05) is 25.0 Å². The maximum absolute atomic E-state index is 13.1. The average molecular weight is 255 g/mol. The molecule has 0 spiro atoms. The number of rotatable bonds is 2. The van der Waals surface area contributed by atoms with Crippen LogP contribution in [-0.4, -0.2) is 6.29 Å². The number of ether oxygens (including phenoxy) is 2. The second-order valence-corrected chi connectivity index (χ2v) is 4.91. The van der Waals surface area contributed by atoms with Crippen molar-refractivity contribution in [3.63, 3.8) is 0 Å². The third kappa shape index (κ3) is 1.92. The first-order valence-corrected chi connectivity index (χ1v) is 6.21. The summed E-state index contributed by atoms with van der Waals surface area (Å²) in [6, 6.07) is 4.63. The summed E-state index contributed by atoms with van der Waals surface area (Å²) in [4.78, 5) is 0.